The Kier molecular flexibility index (Phi) is 5.19. The second-order valence-electron chi connectivity index (χ2n) is 7.55. The van der Waals surface area contributed by atoms with Crippen LogP contribution in [0.3, 0.4) is 0 Å². The summed E-state index contributed by atoms with van der Waals surface area (Å²) in [5.41, 5.74) is 3.68. The lowest BCUT2D eigenvalue weighted by Crippen LogP contribution is -2.48. The number of anilines is 2. The summed E-state index contributed by atoms with van der Waals surface area (Å²) in [6, 6.07) is 15.5. The first-order chi connectivity index (χ1) is 14.0. The van der Waals surface area contributed by atoms with E-state index < -0.39 is 0 Å². The van der Waals surface area contributed by atoms with E-state index >= 15 is 0 Å². The fourth-order valence-electron chi connectivity index (χ4n) is 3.64. The molecule has 1 aromatic heterocycles. The minimum Gasteiger partial charge on any atom is -0.369 e. The quantitative estimate of drug-likeness (QED) is 0.716. The third-order valence-corrected chi connectivity index (χ3v) is 5.38. The van der Waals surface area contributed by atoms with Gasteiger partial charge in [0.15, 0.2) is 0 Å². The number of rotatable bonds is 4. The maximum Gasteiger partial charge on any atom is 0.257 e. The first-order valence-corrected chi connectivity index (χ1v) is 9.84. The summed E-state index contributed by atoms with van der Waals surface area (Å²) in [6.45, 7) is 8.56. The summed E-state index contributed by atoms with van der Waals surface area (Å²) in [7, 11) is 0. The number of aromatic amines is 1. The van der Waals surface area contributed by atoms with Gasteiger partial charge in [-0.25, -0.2) is 4.98 Å². The predicted octanol–water partition coefficient (Wildman–Crippen LogP) is 3.22. The van der Waals surface area contributed by atoms with Gasteiger partial charge in [-0.2, -0.15) is 5.26 Å². The number of H-pyrrole nitrogens is 1. The van der Waals surface area contributed by atoms with Crippen molar-refractivity contribution >= 4 is 28.6 Å². The van der Waals surface area contributed by atoms with Crippen molar-refractivity contribution in [2.24, 2.45) is 0 Å². The molecule has 4 rings (SSSR count). The molecule has 1 saturated heterocycles. The van der Waals surface area contributed by atoms with Crippen LogP contribution < -0.4 is 10.2 Å². The van der Waals surface area contributed by atoms with Crippen molar-refractivity contribution in [3.05, 3.63) is 53.6 Å². The molecule has 2 N–H and O–H groups in total. The minimum atomic E-state index is -0.222. The Morgan fingerprint density at radius 2 is 1.86 bits per heavy atom. The number of piperazine rings is 1. The molecule has 148 valence electrons. The number of benzene rings is 2. The second kappa shape index (κ2) is 7.94. The molecule has 1 aliphatic heterocycles. The van der Waals surface area contributed by atoms with Crippen LogP contribution in [-0.2, 0) is 0 Å². The van der Waals surface area contributed by atoms with E-state index in [9.17, 15) is 4.79 Å². The number of nitriles is 1. The van der Waals surface area contributed by atoms with Gasteiger partial charge >= 0.3 is 0 Å². The average Bonchev–Trinajstić information content (AvgIpc) is 3.15. The molecule has 1 fully saturated rings. The Labute approximate surface area is 170 Å². The Morgan fingerprint density at radius 1 is 1.14 bits per heavy atom. The smallest absolute Gasteiger partial charge is 0.257 e. The molecular formula is C22H24N6O. The van der Waals surface area contributed by atoms with Gasteiger partial charge in [0, 0.05) is 43.5 Å². The van der Waals surface area contributed by atoms with E-state index in [1.54, 1.807) is 18.2 Å². The van der Waals surface area contributed by atoms with Crippen LogP contribution in [0.15, 0.2) is 42.5 Å². The molecule has 7 nitrogen and oxygen atoms in total. The molecule has 0 radical (unpaired) electrons. The minimum absolute atomic E-state index is 0.222. The molecule has 7 heteroatoms. The Morgan fingerprint density at radius 3 is 2.52 bits per heavy atom. The second-order valence-corrected chi connectivity index (χ2v) is 7.55. The van der Waals surface area contributed by atoms with Gasteiger partial charge in [-0.15, -0.1) is 0 Å². The van der Waals surface area contributed by atoms with Crippen LogP contribution in [-0.4, -0.2) is 53.0 Å². The van der Waals surface area contributed by atoms with E-state index in [4.69, 9.17) is 5.26 Å². The molecular weight excluding hydrogens is 364 g/mol. The predicted molar refractivity (Wildman–Crippen MR) is 114 cm³/mol. The highest BCUT2D eigenvalue weighted by atomic mass is 16.1. The molecule has 0 atom stereocenters. The van der Waals surface area contributed by atoms with Crippen LogP contribution >= 0.6 is 0 Å². The molecule has 1 amide bonds. The van der Waals surface area contributed by atoms with Crippen LogP contribution in [0, 0.1) is 11.3 Å². The number of imidazole rings is 1. The molecule has 0 bridgehead atoms. The Bertz CT molecular complexity index is 1060. The fraction of sp³-hybridized carbons (Fsp3) is 0.318. The van der Waals surface area contributed by atoms with E-state index in [1.165, 1.54) is 0 Å². The monoisotopic (exact) mass is 388 g/mol. The zero-order valence-corrected chi connectivity index (χ0v) is 16.6. The van der Waals surface area contributed by atoms with Crippen LogP contribution in [0.25, 0.3) is 11.0 Å². The number of aromatic nitrogens is 2. The summed E-state index contributed by atoms with van der Waals surface area (Å²) < 4.78 is 0. The third kappa shape index (κ3) is 4.08. The van der Waals surface area contributed by atoms with Crippen molar-refractivity contribution in [2.75, 3.05) is 36.4 Å². The zero-order valence-electron chi connectivity index (χ0n) is 16.6. The Hall–Kier alpha value is -3.37. The number of fused-ring (bicyclic) bond motifs is 1. The normalized spacial score (nSPS) is 14.9. The first-order valence-electron chi connectivity index (χ1n) is 9.84. The van der Waals surface area contributed by atoms with Crippen LogP contribution in [0.5, 0.6) is 0 Å². The molecule has 2 aromatic carbocycles. The van der Waals surface area contributed by atoms with Crippen molar-refractivity contribution in [1.29, 1.82) is 5.26 Å². The largest absolute Gasteiger partial charge is 0.369 e. The standard InChI is InChI=1S/C22H24N6O/c1-15(2)27-9-11-28(12-10-27)18-6-4-17(5-7-18)21(29)26-22-24-19-8-3-16(14-23)13-20(19)25-22/h3-8,13,15H,9-12H2,1-2H3,(H2,24,25,26,29). The first kappa shape index (κ1) is 19.0. The van der Waals surface area contributed by atoms with Crippen molar-refractivity contribution < 1.29 is 4.79 Å². The molecule has 0 aliphatic carbocycles. The number of nitrogens with one attached hydrogen (secondary N) is 2. The van der Waals surface area contributed by atoms with Crippen molar-refractivity contribution in [3.8, 4) is 6.07 Å². The highest BCUT2D eigenvalue weighted by molar-refractivity contribution is 6.04. The van der Waals surface area contributed by atoms with Crippen LogP contribution in [0.2, 0.25) is 0 Å². The van der Waals surface area contributed by atoms with Gasteiger partial charge < -0.3 is 9.88 Å². The maximum absolute atomic E-state index is 12.6. The topological polar surface area (TPSA) is 88.0 Å². The van der Waals surface area contributed by atoms with Gasteiger partial charge in [0.1, 0.15) is 0 Å². The molecule has 2 heterocycles. The summed E-state index contributed by atoms with van der Waals surface area (Å²) in [6.07, 6.45) is 0. The average molecular weight is 388 g/mol. The molecule has 0 saturated carbocycles. The molecule has 1 aliphatic rings. The number of amides is 1. The van der Waals surface area contributed by atoms with E-state index in [0.29, 0.717) is 28.6 Å². The SMILES string of the molecule is CC(C)N1CCN(c2ccc(C(=O)Nc3nc4ccc(C#N)cc4[nH]3)cc2)CC1. The third-order valence-electron chi connectivity index (χ3n) is 5.38. The lowest BCUT2D eigenvalue weighted by atomic mass is 10.1. The summed E-state index contributed by atoms with van der Waals surface area (Å²) >= 11 is 0. The number of carbonyl (C=O) groups is 1. The van der Waals surface area contributed by atoms with Gasteiger partial charge in [-0.1, -0.05) is 0 Å². The number of carbonyl (C=O) groups excluding carboxylic acids is 1. The molecule has 0 unspecified atom stereocenters. The molecule has 0 spiro atoms. The van der Waals surface area contributed by atoms with Crippen molar-refractivity contribution in [3.63, 3.8) is 0 Å². The number of hydrogen-bond acceptors (Lipinski definition) is 5. The fourth-order valence-corrected chi connectivity index (χ4v) is 3.64. The zero-order chi connectivity index (χ0) is 20.4. The summed E-state index contributed by atoms with van der Waals surface area (Å²) in [4.78, 5) is 24.8. The van der Waals surface area contributed by atoms with E-state index in [1.807, 2.05) is 24.3 Å². The van der Waals surface area contributed by atoms with Crippen molar-refractivity contribution in [2.45, 2.75) is 19.9 Å². The van der Waals surface area contributed by atoms with Gasteiger partial charge in [0.25, 0.3) is 5.91 Å². The molecule has 3 aromatic rings. The summed E-state index contributed by atoms with van der Waals surface area (Å²) in [5, 5.41) is 11.8. The van der Waals surface area contributed by atoms with Crippen molar-refractivity contribution in [1.82, 2.24) is 14.9 Å². The molecule has 29 heavy (non-hydrogen) atoms. The van der Waals surface area contributed by atoms with Gasteiger partial charge in [0.2, 0.25) is 5.95 Å². The van der Waals surface area contributed by atoms with Gasteiger partial charge in [-0.3, -0.25) is 15.0 Å². The van der Waals surface area contributed by atoms with Crippen LogP contribution in [0.1, 0.15) is 29.8 Å². The van der Waals surface area contributed by atoms with E-state index in [-0.39, 0.29) is 5.91 Å². The highest BCUT2D eigenvalue weighted by Crippen LogP contribution is 2.20. The lowest BCUT2D eigenvalue weighted by Gasteiger charge is -2.38. The highest BCUT2D eigenvalue weighted by Gasteiger charge is 2.19. The Balaban J connectivity index is 1.41. The maximum atomic E-state index is 12.6. The lowest BCUT2D eigenvalue weighted by molar-refractivity contribution is 0.102. The van der Waals surface area contributed by atoms with E-state index in [2.05, 4.69) is 45.0 Å². The van der Waals surface area contributed by atoms with Gasteiger partial charge in [0.05, 0.1) is 22.7 Å². The number of hydrogen-bond donors (Lipinski definition) is 2. The number of nitrogens with zero attached hydrogens (tertiary/aromatic N) is 4. The summed E-state index contributed by atoms with van der Waals surface area (Å²) in [5.74, 6) is 0.148. The van der Waals surface area contributed by atoms with E-state index in [0.717, 1.165) is 37.4 Å². The van der Waals surface area contributed by atoms with Crippen LogP contribution in [0.4, 0.5) is 11.6 Å². The van der Waals surface area contributed by atoms with Gasteiger partial charge in [-0.05, 0) is 56.3 Å².